The van der Waals surface area contributed by atoms with E-state index in [0.717, 1.165) is 18.4 Å². The van der Waals surface area contributed by atoms with E-state index < -0.39 is 16.9 Å². The van der Waals surface area contributed by atoms with Gasteiger partial charge in [0.15, 0.2) is 5.54 Å². The summed E-state index contributed by atoms with van der Waals surface area (Å²) in [5.74, 6) is -1.08. The van der Waals surface area contributed by atoms with E-state index in [2.05, 4.69) is 10.4 Å². The second kappa shape index (κ2) is 6.19. The van der Waals surface area contributed by atoms with Crippen molar-refractivity contribution in [3.8, 4) is 0 Å². The second-order valence-corrected chi connectivity index (χ2v) is 7.45. The first kappa shape index (κ1) is 17.5. The van der Waals surface area contributed by atoms with Crippen LogP contribution in [0.25, 0.3) is 0 Å². The smallest absolute Gasteiger partial charge is 0.331 e. The molecular weight excluding hydrogens is 342 g/mol. The minimum atomic E-state index is -1.18. The summed E-state index contributed by atoms with van der Waals surface area (Å²) in [4.78, 5) is 24.0. The van der Waals surface area contributed by atoms with Crippen LogP contribution in [0, 0.1) is 5.41 Å². The maximum atomic E-state index is 12.7. The van der Waals surface area contributed by atoms with Gasteiger partial charge in [-0.25, -0.2) is 4.79 Å². The molecule has 1 saturated carbocycles. The zero-order valence-electron chi connectivity index (χ0n) is 14.1. The maximum Gasteiger partial charge on any atom is 0.331 e. The number of aromatic nitrogens is 2. The SMILES string of the molecule is CC(C)(C(=O)O)n1cc(NC(=O)C2(Cc3ccccc3Cl)CC2)cn1. The van der Waals surface area contributed by atoms with E-state index in [1.54, 1.807) is 13.8 Å². The zero-order chi connectivity index (χ0) is 18.2. The molecule has 0 spiro atoms. The summed E-state index contributed by atoms with van der Waals surface area (Å²) in [6.45, 7) is 3.10. The number of hydrogen-bond acceptors (Lipinski definition) is 3. The average Bonchev–Trinajstić information content (AvgIpc) is 3.19. The van der Waals surface area contributed by atoms with Gasteiger partial charge in [0, 0.05) is 11.2 Å². The summed E-state index contributed by atoms with van der Waals surface area (Å²) in [5.41, 5.74) is -0.183. The summed E-state index contributed by atoms with van der Waals surface area (Å²) in [6, 6.07) is 7.53. The van der Waals surface area contributed by atoms with Crippen LogP contribution in [-0.2, 0) is 21.5 Å². The number of nitrogens with one attached hydrogen (secondary N) is 1. The predicted molar refractivity (Wildman–Crippen MR) is 94.6 cm³/mol. The Morgan fingerprint density at radius 2 is 2.04 bits per heavy atom. The number of amides is 1. The number of halogens is 1. The highest BCUT2D eigenvalue weighted by Gasteiger charge is 2.50. The van der Waals surface area contributed by atoms with Crippen molar-refractivity contribution in [3.05, 3.63) is 47.2 Å². The summed E-state index contributed by atoms with van der Waals surface area (Å²) in [5, 5.41) is 16.8. The van der Waals surface area contributed by atoms with Crippen LogP contribution in [-0.4, -0.2) is 26.8 Å². The Hall–Kier alpha value is -2.34. The molecule has 0 saturated heterocycles. The van der Waals surface area contributed by atoms with Crippen LogP contribution in [0.5, 0.6) is 0 Å². The fourth-order valence-corrected chi connectivity index (χ4v) is 2.90. The minimum absolute atomic E-state index is 0.0832. The van der Waals surface area contributed by atoms with Crippen LogP contribution >= 0.6 is 11.6 Å². The number of carbonyl (C=O) groups excluding carboxylic acids is 1. The molecule has 0 radical (unpaired) electrons. The monoisotopic (exact) mass is 361 g/mol. The van der Waals surface area contributed by atoms with Crippen molar-refractivity contribution in [2.75, 3.05) is 5.32 Å². The number of hydrogen-bond donors (Lipinski definition) is 2. The largest absolute Gasteiger partial charge is 0.479 e. The molecule has 1 aromatic heterocycles. The summed E-state index contributed by atoms with van der Waals surface area (Å²) in [7, 11) is 0. The Morgan fingerprint density at radius 1 is 1.36 bits per heavy atom. The third kappa shape index (κ3) is 3.39. The van der Waals surface area contributed by atoms with Crippen LogP contribution < -0.4 is 5.32 Å². The Labute approximate surface area is 150 Å². The van der Waals surface area contributed by atoms with Gasteiger partial charge in [-0.05, 0) is 44.7 Å². The number of anilines is 1. The molecule has 1 aromatic carbocycles. The summed E-state index contributed by atoms with van der Waals surface area (Å²) < 4.78 is 1.33. The van der Waals surface area contributed by atoms with E-state index in [1.165, 1.54) is 17.1 Å². The molecule has 2 N–H and O–H groups in total. The zero-order valence-corrected chi connectivity index (χ0v) is 14.9. The van der Waals surface area contributed by atoms with Crippen molar-refractivity contribution < 1.29 is 14.7 Å². The van der Waals surface area contributed by atoms with Gasteiger partial charge in [0.1, 0.15) is 0 Å². The second-order valence-electron chi connectivity index (χ2n) is 7.04. The lowest BCUT2D eigenvalue weighted by Crippen LogP contribution is -2.36. The van der Waals surface area contributed by atoms with Crippen molar-refractivity contribution >= 4 is 29.2 Å². The van der Waals surface area contributed by atoms with Crippen LogP contribution in [0.3, 0.4) is 0 Å². The van der Waals surface area contributed by atoms with E-state index in [9.17, 15) is 14.7 Å². The Balaban J connectivity index is 1.72. The van der Waals surface area contributed by atoms with Gasteiger partial charge in [-0.3, -0.25) is 9.48 Å². The molecule has 6 nitrogen and oxygen atoms in total. The Kier molecular flexibility index (Phi) is 4.33. The molecule has 1 heterocycles. The molecule has 0 unspecified atom stereocenters. The first-order valence-corrected chi connectivity index (χ1v) is 8.46. The van der Waals surface area contributed by atoms with Crippen LogP contribution in [0.2, 0.25) is 5.02 Å². The normalized spacial score (nSPS) is 15.6. The fraction of sp³-hybridized carbons (Fsp3) is 0.389. The van der Waals surface area contributed by atoms with Gasteiger partial charge >= 0.3 is 5.97 Å². The number of benzene rings is 1. The Bertz CT molecular complexity index is 824. The molecule has 132 valence electrons. The fourth-order valence-electron chi connectivity index (χ4n) is 2.70. The van der Waals surface area contributed by atoms with Crippen LogP contribution in [0.4, 0.5) is 5.69 Å². The van der Waals surface area contributed by atoms with E-state index in [-0.39, 0.29) is 5.91 Å². The molecule has 25 heavy (non-hydrogen) atoms. The van der Waals surface area contributed by atoms with E-state index in [4.69, 9.17) is 11.6 Å². The lowest BCUT2D eigenvalue weighted by molar-refractivity contribution is -0.146. The number of aliphatic carboxylic acids is 1. The topological polar surface area (TPSA) is 84.2 Å². The number of carbonyl (C=O) groups is 2. The lowest BCUT2D eigenvalue weighted by atomic mass is 9.95. The van der Waals surface area contributed by atoms with Gasteiger partial charge < -0.3 is 10.4 Å². The van der Waals surface area contributed by atoms with Crippen molar-refractivity contribution in [3.63, 3.8) is 0 Å². The molecular formula is C18H20ClN3O3. The third-order valence-electron chi connectivity index (χ3n) is 4.76. The van der Waals surface area contributed by atoms with Gasteiger partial charge in [-0.2, -0.15) is 5.10 Å². The van der Waals surface area contributed by atoms with E-state index >= 15 is 0 Å². The first-order chi connectivity index (χ1) is 11.7. The summed E-state index contributed by atoms with van der Waals surface area (Å²) in [6.07, 6.45) is 5.21. The van der Waals surface area contributed by atoms with E-state index in [1.807, 2.05) is 24.3 Å². The third-order valence-corrected chi connectivity index (χ3v) is 5.13. The van der Waals surface area contributed by atoms with Crippen LogP contribution in [0.1, 0.15) is 32.3 Å². The number of nitrogens with zero attached hydrogens (tertiary/aromatic N) is 2. The molecule has 2 aromatic rings. The standard InChI is InChI=1S/C18H20ClN3O3/c1-17(2,16(24)25)22-11-13(10-20-22)21-15(23)18(7-8-18)9-12-5-3-4-6-14(12)19/h3-6,10-11H,7-9H2,1-2H3,(H,21,23)(H,24,25). The molecule has 7 heteroatoms. The molecule has 1 fully saturated rings. The van der Waals surface area contributed by atoms with Gasteiger partial charge in [0.2, 0.25) is 5.91 Å². The van der Waals surface area contributed by atoms with Gasteiger partial charge in [-0.15, -0.1) is 0 Å². The molecule has 0 atom stereocenters. The minimum Gasteiger partial charge on any atom is -0.479 e. The van der Waals surface area contributed by atoms with Crippen molar-refractivity contribution in [1.82, 2.24) is 9.78 Å². The van der Waals surface area contributed by atoms with Gasteiger partial charge in [0.25, 0.3) is 0 Å². The summed E-state index contributed by atoms with van der Waals surface area (Å²) >= 11 is 6.21. The van der Waals surface area contributed by atoms with E-state index in [0.29, 0.717) is 17.1 Å². The van der Waals surface area contributed by atoms with Crippen molar-refractivity contribution in [1.29, 1.82) is 0 Å². The number of carboxylic acid groups (broad SMARTS) is 1. The first-order valence-electron chi connectivity index (χ1n) is 8.08. The maximum absolute atomic E-state index is 12.7. The highest BCUT2D eigenvalue weighted by molar-refractivity contribution is 6.31. The number of carboxylic acids is 1. The highest BCUT2D eigenvalue weighted by atomic mass is 35.5. The van der Waals surface area contributed by atoms with Crippen LogP contribution in [0.15, 0.2) is 36.7 Å². The van der Waals surface area contributed by atoms with Crippen molar-refractivity contribution in [2.24, 2.45) is 5.41 Å². The number of rotatable bonds is 6. The molecule has 3 rings (SSSR count). The predicted octanol–water partition coefficient (Wildman–Crippen LogP) is 3.32. The Morgan fingerprint density at radius 3 is 2.64 bits per heavy atom. The molecule has 0 aliphatic heterocycles. The highest BCUT2D eigenvalue weighted by Crippen LogP contribution is 2.50. The quantitative estimate of drug-likeness (QED) is 0.826. The lowest BCUT2D eigenvalue weighted by Gasteiger charge is -2.19. The van der Waals surface area contributed by atoms with Crippen molar-refractivity contribution in [2.45, 2.75) is 38.6 Å². The molecule has 0 bridgehead atoms. The average molecular weight is 362 g/mol. The molecule has 1 aliphatic rings. The van der Waals surface area contributed by atoms with Gasteiger partial charge in [-0.1, -0.05) is 29.8 Å². The van der Waals surface area contributed by atoms with Gasteiger partial charge in [0.05, 0.1) is 17.3 Å². The molecule has 1 aliphatic carbocycles. The molecule has 1 amide bonds.